The average Bonchev–Trinajstić information content (AvgIpc) is 1.45. The minimum atomic E-state index is -2.11. The highest BCUT2D eigenvalue weighted by molar-refractivity contribution is 7.23. The first-order valence-corrected chi connectivity index (χ1v) is 31.2. The van der Waals surface area contributed by atoms with Gasteiger partial charge in [0.05, 0.1) is 49.8 Å². The van der Waals surface area contributed by atoms with Gasteiger partial charge in [0.15, 0.2) is 5.82 Å². The van der Waals surface area contributed by atoms with Crippen molar-refractivity contribution in [2.75, 3.05) is 63.1 Å². The number of hydrogen-bond acceptors (Lipinski definition) is 18. The molecule has 4 N–H and O–H groups in total. The molecule has 466 valence electrons. The van der Waals surface area contributed by atoms with Gasteiger partial charge in [0.2, 0.25) is 5.60 Å². The molecule has 6 atom stereocenters. The number of pyridine rings is 2. The number of ether oxygens (including phenoxy) is 4. The van der Waals surface area contributed by atoms with Gasteiger partial charge in [-0.25, -0.2) is 36.9 Å². The molecule has 4 fully saturated rings. The number of aryl methyl sites for hydroxylation is 1. The van der Waals surface area contributed by atoms with Crippen LogP contribution in [0.15, 0.2) is 47.3 Å². The SMILES string of the molecule is C=C(COC(=O)N1CCC[C@H]1C(=O)O[C@]1(CC)C(=O)OCc2c1cc1n(c2=O)Cc2c-1nc1cc(F)c(C)c3c1c2C(N)CC3)C(=O)N1CCN(c2nc(OC[C@@]34CCCN3C[C@H](F)C4)nc3c(F)c(-c4ccc(F)c5sc(N)c(C#N)c45)c(Cl)cc23)[C@@H](C)C1. The fourth-order valence-electron chi connectivity index (χ4n) is 15.0. The number of nitriles is 1. The second-order valence-corrected chi connectivity index (χ2v) is 26.0. The summed E-state index contributed by atoms with van der Waals surface area (Å²) in [5, 5.41) is 11.1. The van der Waals surface area contributed by atoms with Crippen molar-refractivity contribution in [1.82, 2.24) is 34.2 Å². The third kappa shape index (κ3) is 9.08. The third-order valence-corrected chi connectivity index (χ3v) is 20.9. The predicted octanol–water partition coefficient (Wildman–Crippen LogP) is 9.08. The maximum absolute atomic E-state index is 17.5. The van der Waals surface area contributed by atoms with Crippen LogP contribution < -0.4 is 26.7 Å². The van der Waals surface area contributed by atoms with E-state index < -0.39 is 89.0 Å². The van der Waals surface area contributed by atoms with Crippen molar-refractivity contribution >= 4 is 89.6 Å². The second kappa shape index (κ2) is 21.9. The zero-order valence-corrected chi connectivity index (χ0v) is 50.9. The van der Waals surface area contributed by atoms with Crippen LogP contribution in [0.2, 0.25) is 5.02 Å². The number of cyclic esters (lactones) is 1. The number of halogens is 5. The number of carbonyl (C=O) groups excluding carboxylic acids is 4. The Hall–Kier alpha value is -8.44. The summed E-state index contributed by atoms with van der Waals surface area (Å²) in [5.41, 5.74) is 13.5. The number of likely N-dealkylation sites (tertiary alicyclic amines) is 1. The molecule has 3 aromatic carbocycles. The second-order valence-electron chi connectivity index (χ2n) is 24.5. The molecule has 1 aliphatic carbocycles. The van der Waals surface area contributed by atoms with Crippen molar-refractivity contribution in [3.63, 3.8) is 0 Å². The summed E-state index contributed by atoms with van der Waals surface area (Å²) in [6.45, 7) is 9.65. The number of thiophene rings is 1. The number of rotatable bonds is 11. The van der Waals surface area contributed by atoms with Gasteiger partial charge in [-0.15, -0.1) is 11.3 Å². The Balaban J connectivity index is 0.682. The van der Waals surface area contributed by atoms with Gasteiger partial charge in [0.25, 0.3) is 11.5 Å². The van der Waals surface area contributed by atoms with Gasteiger partial charge in [-0.1, -0.05) is 31.2 Å². The molecule has 14 rings (SSSR count). The molecule has 20 nitrogen and oxygen atoms in total. The summed E-state index contributed by atoms with van der Waals surface area (Å²) in [5.74, 6) is -4.15. The van der Waals surface area contributed by atoms with Gasteiger partial charge in [-0.05, 0) is 106 Å². The van der Waals surface area contributed by atoms with Crippen LogP contribution in [0.5, 0.6) is 6.01 Å². The maximum atomic E-state index is 17.5. The van der Waals surface area contributed by atoms with E-state index in [4.69, 9.17) is 52.0 Å². The summed E-state index contributed by atoms with van der Waals surface area (Å²) in [6, 6.07) is 6.60. The van der Waals surface area contributed by atoms with Crippen molar-refractivity contribution < 1.29 is 55.7 Å². The Morgan fingerprint density at radius 3 is 2.59 bits per heavy atom. The first kappa shape index (κ1) is 59.2. The molecule has 0 spiro atoms. The summed E-state index contributed by atoms with van der Waals surface area (Å²) in [7, 11) is 0. The van der Waals surface area contributed by atoms with Crippen molar-refractivity contribution in [2.24, 2.45) is 5.73 Å². The molecule has 0 saturated carbocycles. The minimum Gasteiger partial charge on any atom is -0.461 e. The van der Waals surface area contributed by atoms with Crippen molar-refractivity contribution in [2.45, 2.75) is 121 Å². The first-order chi connectivity index (χ1) is 43.1. The van der Waals surface area contributed by atoms with E-state index in [2.05, 4.69) is 16.5 Å². The normalized spacial score (nSPS) is 23.4. The number of nitrogens with two attached hydrogens (primary N) is 2. The van der Waals surface area contributed by atoms with Crippen molar-refractivity contribution in [1.29, 1.82) is 5.26 Å². The van der Waals surface area contributed by atoms with E-state index in [1.165, 1.54) is 27.7 Å². The minimum absolute atomic E-state index is 0.0259. The average molecular weight is 1270 g/mol. The fourth-order valence-corrected chi connectivity index (χ4v) is 16.3. The smallest absolute Gasteiger partial charge is 0.410 e. The number of aromatic nitrogens is 4. The monoisotopic (exact) mass is 1270 g/mol. The Morgan fingerprint density at radius 1 is 1.00 bits per heavy atom. The molecule has 4 aromatic heterocycles. The van der Waals surface area contributed by atoms with E-state index in [0.29, 0.717) is 60.3 Å². The van der Waals surface area contributed by atoms with Gasteiger partial charge in [0, 0.05) is 95.7 Å². The number of fused-ring (bicyclic) bond motifs is 8. The number of hydrogen-bond donors (Lipinski definition) is 2. The summed E-state index contributed by atoms with van der Waals surface area (Å²) in [6.07, 6.45) is 1.24. The van der Waals surface area contributed by atoms with E-state index in [1.807, 2.05) is 17.9 Å². The lowest BCUT2D eigenvalue weighted by Crippen LogP contribution is -2.54. The Labute approximate surface area is 520 Å². The van der Waals surface area contributed by atoms with Crippen LogP contribution in [0.4, 0.5) is 33.2 Å². The standard InChI is InChI=1S/C64H60ClF4N11O9S/c1-5-64(39-19-46-52-37(25-80(46)58(82)38(39)27-86-60(64)84)49-43(71)12-10-33-31(4)42(68)20-44(73-52)50(33)49)89-59(83)45-8-6-15-79(45)62(85)87-26-29(2)57(81)76-16-17-78(30(3)23-76)56-35-18-40(65)48(34-9-11-41(67)54-47(34)36(22-70)55(72)90-54)51(69)53(35)74-61(75-56)88-28-63-13-7-14-77(63)24-32(66)21-63/h9,11,18-20,30,32,43,45H,2,5-8,10,12-17,21,23-28,71-72H2,1,3-4H3/t30-,32+,43?,45-,63-,64-/m0/s1. The highest BCUT2D eigenvalue weighted by Crippen LogP contribution is 2.49. The van der Waals surface area contributed by atoms with Crippen LogP contribution in [0.3, 0.4) is 0 Å². The molecular weight excluding hydrogens is 1210 g/mol. The van der Waals surface area contributed by atoms with Gasteiger partial charge < -0.3 is 44.8 Å². The number of esters is 2. The molecule has 0 radical (unpaired) electrons. The maximum Gasteiger partial charge on any atom is 0.410 e. The van der Waals surface area contributed by atoms with E-state index in [1.54, 1.807) is 19.9 Å². The lowest BCUT2D eigenvalue weighted by molar-refractivity contribution is -0.191. The molecule has 26 heteroatoms. The van der Waals surface area contributed by atoms with Gasteiger partial charge in [-0.3, -0.25) is 19.4 Å². The predicted molar refractivity (Wildman–Crippen MR) is 325 cm³/mol. The number of nitrogens with zero attached hydrogens (tertiary/aromatic N) is 9. The molecule has 10 heterocycles. The molecule has 1 unspecified atom stereocenters. The van der Waals surface area contributed by atoms with Crippen LogP contribution >= 0.6 is 22.9 Å². The lowest BCUT2D eigenvalue weighted by atomic mass is 9.82. The summed E-state index contributed by atoms with van der Waals surface area (Å²) >= 11 is 7.85. The van der Waals surface area contributed by atoms with Crippen LogP contribution in [0, 0.1) is 35.7 Å². The van der Waals surface area contributed by atoms with Gasteiger partial charge >= 0.3 is 24.0 Å². The quantitative estimate of drug-likeness (QED) is 0.0530. The first-order valence-electron chi connectivity index (χ1n) is 30.0. The number of carbonyl (C=O) groups is 4. The molecule has 6 aliphatic heterocycles. The highest BCUT2D eigenvalue weighted by Gasteiger charge is 2.53. The molecule has 2 amide bonds. The van der Waals surface area contributed by atoms with E-state index in [-0.39, 0.29) is 148 Å². The van der Waals surface area contributed by atoms with E-state index in [9.17, 15) is 33.6 Å². The molecule has 4 saturated heterocycles. The Morgan fingerprint density at radius 2 is 1.81 bits per heavy atom. The number of amides is 2. The van der Waals surface area contributed by atoms with E-state index >= 15 is 13.2 Å². The molecular formula is C64H60ClF4N11O9S. The number of piperazine rings is 1. The number of benzene rings is 3. The third-order valence-electron chi connectivity index (χ3n) is 19.6. The number of alkyl halides is 1. The number of anilines is 2. The molecule has 0 bridgehead atoms. The topological polar surface area (TPSA) is 255 Å². The lowest BCUT2D eigenvalue weighted by Gasteiger charge is -2.41. The van der Waals surface area contributed by atoms with Crippen LogP contribution in [-0.4, -0.2) is 134 Å². The summed E-state index contributed by atoms with van der Waals surface area (Å²) < 4.78 is 88.4. The Bertz CT molecular complexity index is 4460. The molecule has 7 aromatic rings. The fraction of sp³-hybridized carbons (Fsp3) is 0.422. The molecule has 90 heavy (non-hydrogen) atoms. The molecule has 7 aliphatic rings. The van der Waals surface area contributed by atoms with Crippen molar-refractivity contribution in [3.8, 4) is 34.6 Å². The van der Waals surface area contributed by atoms with Gasteiger partial charge in [0.1, 0.15) is 66.1 Å². The van der Waals surface area contributed by atoms with Crippen LogP contribution in [0.25, 0.3) is 54.4 Å². The highest BCUT2D eigenvalue weighted by atomic mass is 35.5. The zero-order chi connectivity index (χ0) is 63.1. The van der Waals surface area contributed by atoms with E-state index in [0.717, 1.165) is 45.2 Å². The largest absolute Gasteiger partial charge is 0.461 e. The van der Waals surface area contributed by atoms with Crippen molar-refractivity contribution in [3.05, 3.63) is 114 Å². The van der Waals surface area contributed by atoms with Crippen LogP contribution in [0.1, 0.15) is 104 Å². The Kier molecular flexibility index (Phi) is 14.4. The van der Waals surface area contributed by atoms with Gasteiger partial charge in [-0.2, -0.15) is 15.2 Å². The zero-order valence-electron chi connectivity index (χ0n) is 49.3. The number of nitrogen functional groups attached to an aromatic ring is 1. The summed E-state index contributed by atoms with van der Waals surface area (Å²) in [4.78, 5) is 92.1. The van der Waals surface area contributed by atoms with Crippen LogP contribution in [-0.2, 0) is 53.8 Å².